The standard InChI is InChI=1S/C34H24/c1-2-31-24-29-14-15-30-18-20-33(23-22-32(31)19-17-29)34(25-30)21-16-28-12-10-27(11-13-28)9-8-26-6-4-3-5-7-26/h1,3-7,10-13,17-20,24-25H,14-15,22-23H2. The highest BCUT2D eigenvalue weighted by atomic mass is 14.1. The summed E-state index contributed by atoms with van der Waals surface area (Å²) in [5.74, 6) is 16.1. The minimum Gasteiger partial charge on any atom is -0.115 e. The van der Waals surface area contributed by atoms with Gasteiger partial charge in [-0.25, -0.2) is 0 Å². The molecule has 34 heavy (non-hydrogen) atoms. The van der Waals surface area contributed by atoms with E-state index in [1.165, 1.54) is 22.3 Å². The van der Waals surface area contributed by atoms with Gasteiger partial charge in [-0.2, -0.15) is 0 Å². The van der Waals surface area contributed by atoms with Crippen molar-refractivity contribution < 1.29 is 0 Å². The Kier molecular flexibility index (Phi) is 6.30. The quantitative estimate of drug-likeness (QED) is 0.284. The summed E-state index contributed by atoms with van der Waals surface area (Å²) >= 11 is 0. The first-order valence-corrected chi connectivity index (χ1v) is 11.7. The van der Waals surface area contributed by atoms with Gasteiger partial charge in [0, 0.05) is 27.8 Å². The molecule has 0 amide bonds. The molecule has 4 bridgehead atoms. The lowest BCUT2D eigenvalue weighted by atomic mass is 9.91. The van der Waals surface area contributed by atoms with Gasteiger partial charge in [0.05, 0.1) is 0 Å². The molecule has 4 aliphatic rings. The van der Waals surface area contributed by atoms with Crippen molar-refractivity contribution in [2.24, 2.45) is 0 Å². The normalized spacial score (nSPS) is 11.7. The Morgan fingerprint density at radius 3 is 1.56 bits per heavy atom. The molecule has 0 saturated heterocycles. The summed E-state index contributed by atoms with van der Waals surface area (Å²) in [4.78, 5) is 0. The first kappa shape index (κ1) is 21.4. The van der Waals surface area contributed by atoms with Crippen molar-refractivity contribution in [2.45, 2.75) is 25.7 Å². The zero-order valence-electron chi connectivity index (χ0n) is 19.1. The molecule has 0 aliphatic heterocycles. The molecule has 0 aromatic heterocycles. The fraction of sp³-hybridized carbons (Fsp3) is 0.118. The maximum absolute atomic E-state index is 5.79. The first-order valence-electron chi connectivity index (χ1n) is 11.7. The smallest absolute Gasteiger partial charge is 0.0283 e. The second-order valence-corrected chi connectivity index (χ2v) is 8.57. The predicted octanol–water partition coefficient (Wildman–Crippen LogP) is 6.35. The van der Waals surface area contributed by atoms with E-state index in [0.717, 1.165) is 53.5 Å². The fourth-order valence-electron chi connectivity index (χ4n) is 4.25. The summed E-state index contributed by atoms with van der Waals surface area (Å²) in [6.45, 7) is 0. The van der Waals surface area contributed by atoms with Gasteiger partial charge in [-0.3, -0.25) is 0 Å². The Morgan fingerprint density at radius 2 is 0.971 bits per heavy atom. The van der Waals surface area contributed by atoms with E-state index >= 15 is 0 Å². The molecular formula is C34H24. The minimum absolute atomic E-state index is 0.919. The average molecular weight is 433 g/mol. The molecule has 0 nitrogen and oxygen atoms in total. The van der Waals surface area contributed by atoms with E-state index in [1.807, 2.05) is 54.6 Å². The number of rotatable bonds is 0. The molecule has 0 radical (unpaired) electrons. The number of benzene rings is 4. The third-order valence-corrected chi connectivity index (χ3v) is 6.22. The maximum atomic E-state index is 5.79. The molecule has 4 aromatic carbocycles. The molecule has 0 unspecified atom stereocenters. The molecule has 4 aliphatic carbocycles. The Labute approximate surface area is 202 Å². The van der Waals surface area contributed by atoms with Crippen LogP contribution >= 0.6 is 0 Å². The molecular weight excluding hydrogens is 408 g/mol. The molecule has 160 valence electrons. The molecule has 4 aromatic rings. The van der Waals surface area contributed by atoms with Crippen molar-refractivity contribution in [2.75, 3.05) is 0 Å². The van der Waals surface area contributed by atoms with Gasteiger partial charge in [0.15, 0.2) is 0 Å². The summed E-state index contributed by atoms with van der Waals surface area (Å²) in [6.07, 6.45) is 9.59. The Morgan fingerprint density at radius 1 is 0.471 bits per heavy atom. The van der Waals surface area contributed by atoms with E-state index in [0.29, 0.717) is 0 Å². The van der Waals surface area contributed by atoms with Crippen molar-refractivity contribution in [1.82, 2.24) is 0 Å². The van der Waals surface area contributed by atoms with Crippen LogP contribution in [0.2, 0.25) is 0 Å². The fourth-order valence-corrected chi connectivity index (χ4v) is 4.25. The molecule has 0 heterocycles. The lowest BCUT2D eigenvalue weighted by Gasteiger charge is -2.13. The van der Waals surface area contributed by atoms with E-state index in [2.05, 4.69) is 66.0 Å². The Bertz CT molecular complexity index is 1490. The van der Waals surface area contributed by atoms with Crippen molar-refractivity contribution in [3.63, 3.8) is 0 Å². The van der Waals surface area contributed by atoms with Crippen LogP contribution in [0.3, 0.4) is 0 Å². The maximum Gasteiger partial charge on any atom is 0.0283 e. The van der Waals surface area contributed by atoms with Gasteiger partial charge in [0.25, 0.3) is 0 Å². The summed E-state index contributed by atoms with van der Waals surface area (Å²) < 4.78 is 0. The number of hydrogen-bond acceptors (Lipinski definition) is 0. The van der Waals surface area contributed by atoms with Crippen molar-refractivity contribution in [3.05, 3.63) is 141 Å². The molecule has 8 rings (SSSR count). The largest absolute Gasteiger partial charge is 0.115 e. The second-order valence-electron chi connectivity index (χ2n) is 8.57. The number of aryl methyl sites for hydroxylation is 4. The van der Waals surface area contributed by atoms with Gasteiger partial charge in [-0.1, -0.05) is 72.1 Å². The van der Waals surface area contributed by atoms with Crippen LogP contribution in [0.5, 0.6) is 0 Å². The van der Waals surface area contributed by atoms with Gasteiger partial charge < -0.3 is 0 Å². The average Bonchev–Trinajstić information content (AvgIpc) is 2.89. The Hall–Kier alpha value is -4.44. The highest BCUT2D eigenvalue weighted by Gasteiger charge is 2.09. The lowest BCUT2D eigenvalue weighted by molar-refractivity contribution is 0.916. The highest BCUT2D eigenvalue weighted by Crippen LogP contribution is 2.21. The molecule has 0 heteroatoms. The summed E-state index contributed by atoms with van der Waals surface area (Å²) in [5.41, 5.74) is 10.3. The summed E-state index contributed by atoms with van der Waals surface area (Å²) in [6, 6.07) is 31.5. The van der Waals surface area contributed by atoms with Crippen LogP contribution in [0.25, 0.3) is 0 Å². The van der Waals surface area contributed by atoms with Crippen molar-refractivity contribution in [3.8, 4) is 36.0 Å². The molecule has 0 N–H and O–H groups in total. The zero-order chi connectivity index (χ0) is 23.2. The molecule has 0 spiro atoms. The van der Waals surface area contributed by atoms with E-state index in [4.69, 9.17) is 6.42 Å². The van der Waals surface area contributed by atoms with Gasteiger partial charge in [-0.05, 0) is 96.5 Å². The van der Waals surface area contributed by atoms with Gasteiger partial charge >= 0.3 is 0 Å². The van der Waals surface area contributed by atoms with E-state index in [-0.39, 0.29) is 0 Å². The topological polar surface area (TPSA) is 0 Å². The van der Waals surface area contributed by atoms with E-state index in [1.54, 1.807) is 0 Å². The highest BCUT2D eigenvalue weighted by molar-refractivity contribution is 5.51. The first-order chi connectivity index (χ1) is 16.8. The Balaban J connectivity index is 1.38. The SMILES string of the molecule is C#Cc1cc2ccc1CCc1ccc(cc1C#Cc1ccc(C#Cc3ccccc3)cc1)CC2. The summed E-state index contributed by atoms with van der Waals surface area (Å²) in [5, 5.41) is 0. The molecule has 0 atom stereocenters. The third kappa shape index (κ3) is 5.13. The van der Waals surface area contributed by atoms with Crippen LogP contribution in [0.1, 0.15) is 50.1 Å². The third-order valence-electron chi connectivity index (χ3n) is 6.22. The number of hydrogen-bond donors (Lipinski definition) is 0. The van der Waals surface area contributed by atoms with E-state index in [9.17, 15) is 0 Å². The molecule has 0 saturated carbocycles. The monoisotopic (exact) mass is 432 g/mol. The van der Waals surface area contributed by atoms with Crippen LogP contribution in [0.4, 0.5) is 0 Å². The van der Waals surface area contributed by atoms with Gasteiger partial charge in [-0.15, -0.1) is 6.42 Å². The van der Waals surface area contributed by atoms with Crippen LogP contribution in [0, 0.1) is 36.0 Å². The van der Waals surface area contributed by atoms with Gasteiger partial charge in [0.2, 0.25) is 0 Å². The van der Waals surface area contributed by atoms with Crippen molar-refractivity contribution >= 4 is 0 Å². The summed E-state index contributed by atoms with van der Waals surface area (Å²) in [7, 11) is 0. The van der Waals surface area contributed by atoms with Crippen LogP contribution in [0.15, 0.2) is 91.0 Å². The molecule has 0 fully saturated rings. The second kappa shape index (κ2) is 10.0. The zero-order valence-corrected chi connectivity index (χ0v) is 19.1. The lowest BCUT2D eigenvalue weighted by Crippen LogP contribution is -2.02. The number of terminal acetylenes is 1. The van der Waals surface area contributed by atoms with Crippen molar-refractivity contribution in [1.29, 1.82) is 0 Å². The van der Waals surface area contributed by atoms with Crippen LogP contribution in [-0.4, -0.2) is 0 Å². The van der Waals surface area contributed by atoms with E-state index < -0.39 is 0 Å². The van der Waals surface area contributed by atoms with Crippen LogP contribution < -0.4 is 0 Å². The minimum atomic E-state index is 0.919. The van der Waals surface area contributed by atoms with Gasteiger partial charge in [0.1, 0.15) is 0 Å². The van der Waals surface area contributed by atoms with Crippen LogP contribution in [-0.2, 0) is 25.7 Å². The predicted molar refractivity (Wildman–Crippen MR) is 140 cm³/mol.